The first kappa shape index (κ1) is 17.8. The van der Waals surface area contributed by atoms with Crippen molar-refractivity contribution >= 4 is 0 Å². The maximum atomic E-state index is 9.92. The van der Waals surface area contributed by atoms with Crippen molar-refractivity contribution in [1.29, 1.82) is 0 Å². The minimum atomic E-state index is -1.38. The zero-order chi connectivity index (χ0) is 15.1. The Balaban J connectivity index is 2.62. The highest BCUT2D eigenvalue weighted by Gasteiger charge is 2.44. The Hall–Kier alpha value is -0.240. The fourth-order valence-corrected chi connectivity index (χ4v) is 2.40. The van der Waals surface area contributed by atoms with E-state index in [4.69, 9.17) is 14.6 Å². The second-order valence-electron chi connectivity index (χ2n) is 5.39. The van der Waals surface area contributed by atoms with Gasteiger partial charge in [0.2, 0.25) is 0 Å². The summed E-state index contributed by atoms with van der Waals surface area (Å²) in [5.74, 6) is 0. The lowest BCUT2D eigenvalue weighted by Crippen LogP contribution is -2.59. The van der Waals surface area contributed by atoms with Crippen molar-refractivity contribution in [3.63, 3.8) is 0 Å². The fourth-order valence-electron chi connectivity index (χ4n) is 2.40. The number of aliphatic hydroxyl groups excluding tert-OH is 4. The van der Waals surface area contributed by atoms with Crippen molar-refractivity contribution in [2.75, 3.05) is 6.61 Å². The van der Waals surface area contributed by atoms with E-state index in [1.807, 2.05) is 0 Å². The van der Waals surface area contributed by atoms with Gasteiger partial charge in [-0.25, -0.2) is 0 Å². The monoisotopic (exact) mass is 292 g/mol. The van der Waals surface area contributed by atoms with Gasteiger partial charge in [0.25, 0.3) is 0 Å². The lowest BCUT2D eigenvalue weighted by Gasteiger charge is -2.40. The standard InChI is InChI=1S/C14H28O6/c1-3-5-7-9(6-4-2)19-14-13(18)12(17)11(16)10(8-15)20-14/h9-18H,3-8H2,1-2H3/t9?,10-,11-,12+,13-,14-/m1/s1. The Labute approximate surface area is 120 Å². The second kappa shape index (κ2) is 8.92. The van der Waals surface area contributed by atoms with Crippen LogP contribution in [0.15, 0.2) is 0 Å². The van der Waals surface area contributed by atoms with Crippen LogP contribution in [0.3, 0.4) is 0 Å². The summed E-state index contributed by atoms with van der Waals surface area (Å²) >= 11 is 0. The third-order valence-electron chi connectivity index (χ3n) is 3.67. The predicted octanol–water partition coefficient (Wildman–Crippen LogP) is 0.162. The molecule has 1 saturated heterocycles. The number of rotatable bonds is 8. The van der Waals surface area contributed by atoms with Gasteiger partial charge in [0.15, 0.2) is 6.29 Å². The van der Waals surface area contributed by atoms with Gasteiger partial charge in [0.1, 0.15) is 24.4 Å². The van der Waals surface area contributed by atoms with Gasteiger partial charge in [-0.15, -0.1) is 0 Å². The first-order valence-corrected chi connectivity index (χ1v) is 7.51. The van der Waals surface area contributed by atoms with E-state index in [9.17, 15) is 15.3 Å². The summed E-state index contributed by atoms with van der Waals surface area (Å²) in [6.07, 6.45) is -1.28. The van der Waals surface area contributed by atoms with Gasteiger partial charge >= 0.3 is 0 Å². The highest BCUT2D eigenvalue weighted by molar-refractivity contribution is 4.89. The maximum absolute atomic E-state index is 9.92. The van der Waals surface area contributed by atoms with Crippen LogP contribution < -0.4 is 0 Å². The number of ether oxygens (including phenoxy) is 2. The molecule has 0 amide bonds. The van der Waals surface area contributed by atoms with Crippen molar-refractivity contribution < 1.29 is 29.9 Å². The lowest BCUT2D eigenvalue weighted by atomic mass is 9.99. The minimum absolute atomic E-state index is 0.0543. The van der Waals surface area contributed by atoms with Gasteiger partial charge < -0.3 is 29.9 Å². The molecule has 0 aromatic heterocycles. The Bertz CT molecular complexity index is 260. The molecule has 6 heteroatoms. The summed E-state index contributed by atoms with van der Waals surface area (Å²) in [5.41, 5.74) is 0. The molecule has 6 atom stereocenters. The molecule has 4 N–H and O–H groups in total. The highest BCUT2D eigenvalue weighted by atomic mass is 16.7. The zero-order valence-corrected chi connectivity index (χ0v) is 12.3. The van der Waals surface area contributed by atoms with E-state index in [-0.39, 0.29) is 6.10 Å². The molecule has 1 aliphatic rings. The Kier molecular flexibility index (Phi) is 7.94. The largest absolute Gasteiger partial charge is 0.394 e. The van der Waals surface area contributed by atoms with Crippen LogP contribution in [0, 0.1) is 0 Å². The molecule has 0 spiro atoms. The van der Waals surface area contributed by atoms with Crippen LogP contribution in [-0.2, 0) is 9.47 Å². The third-order valence-corrected chi connectivity index (χ3v) is 3.67. The molecule has 120 valence electrons. The summed E-state index contributed by atoms with van der Waals surface area (Å²) in [4.78, 5) is 0. The Morgan fingerprint density at radius 2 is 1.70 bits per heavy atom. The van der Waals surface area contributed by atoms with Gasteiger partial charge in [-0.1, -0.05) is 33.1 Å². The highest BCUT2D eigenvalue weighted by Crippen LogP contribution is 2.25. The van der Waals surface area contributed by atoms with Crippen molar-refractivity contribution in [3.05, 3.63) is 0 Å². The molecule has 1 heterocycles. The van der Waals surface area contributed by atoms with Crippen LogP contribution in [0.25, 0.3) is 0 Å². The molecule has 1 fully saturated rings. The molecule has 1 unspecified atom stereocenters. The second-order valence-corrected chi connectivity index (χ2v) is 5.39. The minimum Gasteiger partial charge on any atom is -0.394 e. The predicted molar refractivity (Wildman–Crippen MR) is 73.1 cm³/mol. The van der Waals surface area contributed by atoms with Crippen LogP contribution >= 0.6 is 0 Å². The van der Waals surface area contributed by atoms with Crippen molar-refractivity contribution in [2.24, 2.45) is 0 Å². The summed E-state index contributed by atoms with van der Waals surface area (Å²) in [6.45, 7) is 3.71. The first-order chi connectivity index (χ1) is 9.54. The van der Waals surface area contributed by atoms with Crippen molar-refractivity contribution in [3.8, 4) is 0 Å². The molecule has 0 saturated carbocycles. The number of hydrogen-bond donors (Lipinski definition) is 4. The zero-order valence-electron chi connectivity index (χ0n) is 12.3. The average Bonchev–Trinajstić information content (AvgIpc) is 2.45. The molecule has 6 nitrogen and oxygen atoms in total. The topological polar surface area (TPSA) is 99.4 Å². The molecule has 0 aromatic carbocycles. The SMILES string of the molecule is CCCCC(CCC)O[C@@H]1O[C@H](CO)[C@@H](O)[C@H](O)[C@H]1O. The van der Waals surface area contributed by atoms with E-state index >= 15 is 0 Å². The van der Waals surface area contributed by atoms with Crippen LogP contribution in [0.5, 0.6) is 0 Å². The van der Waals surface area contributed by atoms with Gasteiger partial charge in [-0.3, -0.25) is 0 Å². The van der Waals surface area contributed by atoms with Gasteiger partial charge in [-0.05, 0) is 12.8 Å². The van der Waals surface area contributed by atoms with Crippen LogP contribution in [0.4, 0.5) is 0 Å². The molecule has 0 aromatic rings. The molecule has 20 heavy (non-hydrogen) atoms. The molecular weight excluding hydrogens is 264 g/mol. The van der Waals surface area contributed by atoms with E-state index in [0.29, 0.717) is 0 Å². The summed E-state index contributed by atoms with van der Waals surface area (Å²) in [5, 5.41) is 38.5. The van der Waals surface area contributed by atoms with E-state index < -0.39 is 37.3 Å². The normalized spacial score (nSPS) is 36.0. The molecular formula is C14H28O6. The van der Waals surface area contributed by atoms with Crippen LogP contribution in [0.1, 0.15) is 46.0 Å². The molecule has 0 aliphatic carbocycles. The van der Waals surface area contributed by atoms with E-state index in [1.165, 1.54) is 0 Å². The molecule has 0 bridgehead atoms. The smallest absolute Gasteiger partial charge is 0.186 e. The first-order valence-electron chi connectivity index (χ1n) is 7.51. The Morgan fingerprint density at radius 1 is 1.00 bits per heavy atom. The summed E-state index contributed by atoms with van der Waals surface area (Å²) in [7, 11) is 0. The van der Waals surface area contributed by atoms with Gasteiger partial charge in [0.05, 0.1) is 12.7 Å². The average molecular weight is 292 g/mol. The van der Waals surface area contributed by atoms with Gasteiger partial charge in [-0.2, -0.15) is 0 Å². The summed E-state index contributed by atoms with van der Waals surface area (Å²) < 4.78 is 11.1. The van der Waals surface area contributed by atoms with E-state index in [1.54, 1.807) is 0 Å². The van der Waals surface area contributed by atoms with E-state index in [0.717, 1.165) is 32.1 Å². The van der Waals surface area contributed by atoms with Crippen molar-refractivity contribution in [1.82, 2.24) is 0 Å². The molecule has 1 rings (SSSR count). The number of aliphatic hydroxyl groups is 4. The lowest BCUT2D eigenvalue weighted by molar-refractivity contribution is -0.312. The third kappa shape index (κ3) is 4.65. The number of hydrogen-bond acceptors (Lipinski definition) is 6. The van der Waals surface area contributed by atoms with Crippen LogP contribution in [0.2, 0.25) is 0 Å². The van der Waals surface area contributed by atoms with Crippen LogP contribution in [-0.4, -0.2) is 63.8 Å². The fraction of sp³-hybridized carbons (Fsp3) is 1.00. The van der Waals surface area contributed by atoms with Crippen molar-refractivity contribution in [2.45, 2.75) is 82.8 Å². The molecule has 1 aliphatic heterocycles. The summed E-state index contributed by atoms with van der Waals surface area (Å²) in [6, 6.07) is 0. The van der Waals surface area contributed by atoms with Gasteiger partial charge in [0, 0.05) is 0 Å². The quantitative estimate of drug-likeness (QED) is 0.509. The maximum Gasteiger partial charge on any atom is 0.186 e. The Morgan fingerprint density at radius 3 is 2.25 bits per heavy atom. The van der Waals surface area contributed by atoms with E-state index in [2.05, 4.69) is 13.8 Å². The number of unbranched alkanes of at least 4 members (excludes halogenated alkanes) is 1. The molecule has 0 radical (unpaired) electrons.